The molecule has 1 N–H and O–H groups in total. The quantitative estimate of drug-likeness (QED) is 0.613. The van der Waals surface area contributed by atoms with Crippen LogP contribution in [0.5, 0.6) is 5.75 Å². The van der Waals surface area contributed by atoms with Crippen molar-refractivity contribution in [2.75, 3.05) is 18.7 Å². The molecule has 146 valence electrons. The second-order valence-electron chi connectivity index (χ2n) is 5.72. The predicted molar refractivity (Wildman–Crippen MR) is 101 cm³/mol. The smallest absolute Gasteiger partial charge is 0.416 e. The maximum Gasteiger partial charge on any atom is 0.416 e. The Kier molecular flexibility index (Phi) is 5.64. The van der Waals surface area contributed by atoms with Crippen LogP contribution < -0.4 is 10.1 Å². The molecule has 0 aliphatic carbocycles. The zero-order valence-electron chi connectivity index (χ0n) is 14.9. The van der Waals surface area contributed by atoms with E-state index in [4.69, 9.17) is 4.74 Å². The molecule has 0 aliphatic heterocycles. The summed E-state index contributed by atoms with van der Waals surface area (Å²) in [6.45, 7) is 0. The van der Waals surface area contributed by atoms with Crippen molar-refractivity contribution >= 4 is 23.4 Å². The van der Waals surface area contributed by atoms with Crippen LogP contribution in [0.25, 0.3) is 5.69 Å². The van der Waals surface area contributed by atoms with Crippen molar-refractivity contribution in [3.8, 4) is 11.4 Å². The number of aromatic nitrogens is 2. The number of ether oxygens (including phenoxy) is 1. The first kappa shape index (κ1) is 19.8. The summed E-state index contributed by atoms with van der Waals surface area (Å²) >= 11 is 1.53. The number of hydrogen-bond acceptors (Lipinski definition) is 4. The predicted octanol–water partition coefficient (Wildman–Crippen LogP) is 4.87. The van der Waals surface area contributed by atoms with Crippen molar-refractivity contribution in [3.63, 3.8) is 0 Å². The lowest BCUT2D eigenvalue weighted by atomic mass is 10.2. The summed E-state index contributed by atoms with van der Waals surface area (Å²) in [4.78, 5) is 13.6. The Labute approximate surface area is 163 Å². The Morgan fingerprint density at radius 2 is 1.93 bits per heavy atom. The number of carbonyl (C=O) groups excluding carboxylic acids is 1. The lowest BCUT2D eigenvalue weighted by Gasteiger charge is -2.08. The van der Waals surface area contributed by atoms with E-state index >= 15 is 0 Å². The van der Waals surface area contributed by atoms with E-state index in [1.165, 1.54) is 41.9 Å². The van der Waals surface area contributed by atoms with Gasteiger partial charge in [0.05, 0.1) is 24.6 Å². The number of nitrogens with zero attached hydrogens (tertiary/aromatic N) is 2. The molecule has 9 heteroatoms. The van der Waals surface area contributed by atoms with Crippen molar-refractivity contribution in [1.29, 1.82) is 0 Å². The van der Waals surface area contributed by atoms with E-state index in [2.05, 4.69) is 10.4 Å². The number of carbonyl (C=O) groups is 1. The monoisotopic (exact) mass is 407 g/mol. The van der Waals surface area contributed by atoms with E-state index in [0.717, 1.165) is 17.0 Å². The maximum absolute atomic E-state index is 12.9. The number of hydrogen-bond donors (Lipinski definition) is 1. The van der Waals surface area contributed by atoms with Crippen LogP contribution in [0.4, 0.5) is 18.9 Å². The van der Waals surface area contributed by atoms with Gasteiger partial charge in [0.2, 0.25) is 0 Å². The third-order valence-corrected chi connectivity index (χ3v) is 4.61. The standard InChI is InChI=1S/C19H16F3N3O2S/c1-27-16-11-25(14-7-3-5-12(9-14)19(20,21)22)24-17(16)18(26)23-13-6-4-8-15(10-13)28-2/h3-11H,1-2H3,(H,23,26). The molecule has 0 saturated carbocycles. The minimum Gasteiger partial charge on any atom is -0.493 e. The Morgan fingerprint density at radius 1 is 1.18 bits per heavy atom. The van der Waals surface area contributed by atoms with Crippen LogP contribution in [0.3, 0.4) is 0 Å². The van der Waals surface area contributed by atoms with Gasteiger partial charge in [0.15, 0.2) is 11.4 Å². The molecule has 1 amide bonds. The van der Waals surface area contributed by atoms with Gasteiger partial charge in [0.25, 0.3) is 5.91 Å². The number of rotatable bonds is 5. The molecule has 0 fully saturated rings. The molecule has 0 saturated heterocycles. The summed E-state index contributed by atoms with van der Waals surface area (Å²) in [5.74, 6) is -0.378. The summed E-state index contributed by atoms with van der Waals surface area (Å²) in [6.07, 6.45) is -1.20. The molecule has 3 rings (SSSR count). The molecule has 1 heterocycles. The fraction of sp³-hybridized carbons (Fsp3) is 0.158. The minimum absolute atomic E-state index is 0.0329. The molecule has 0 unspecified atom stereocenters. The number of amides is 1. The van der Waals surface area contributed by atoms with E-state index in [9.17, 15) is 18.0 Å². The Hall–Kier alpha value is -2.94. The van der Waals surface area contributed by atoms with Crippen LogP contribution in [0, 0.1) is 0 Å². The number of thioether (sulfide) groups is 1. The molecule has 28 heavy (non-hydrogen) atoms. The number of alkyl halides is 3. The van der Waals surface area contributed by atoms with Crippen molar-refractivity contribution in [3.05, 3.63) is 66.0 Å². The zero-order valence-corrected chi connectivity index (χ0v) is 15.8. The number of halogens is 3. The van der Waals surface area contributed by atoms with E-state index in [0.29, 0.717) is 5.69 Å². The van der Waals surface area contributed by atoms with Crippen molar-refractivity contribution in [2.45, 2.75) is 11.1 Å². The summed E-state index contributed by atoms with van der Waals surface area (Å²) in [5.41, 5.74) is -0.0992. The fourth-order valence-electron chi connectivity index (χ4n) is 2.51. The highest BCUT2D eigenvalue weighted by Gasteiger charge is 2.30. The molecule has 5 nitrogen and oxygen atoms in total. The molecule has 2 aromatic carbocycles. The third-order valence-electron chi connectivity index (χ3n) is 3.88. The average Bonchev–Trinajstić information content (AvgIpc) is 3.12. The fourth-order valence-corrected chi connectivity index (χ4v) is 2.97. The molecular weight excluding hydrogens is 391 g/mol. The summed E-state index contributed by atoms with van der Waals surface area (Å²) in [5, 5.41) is 6.84. The largest absolute Gasteiger partial charge is 0.493 e. The van der Waals surface area contributed by atoms with E-state index in [1.54, 1.807) is 18.2 Å². The highest BCUT2D eigenvalue weighted by atomic mass is 32.2. The van der Waals surface area contributed by atoms with E-state index in [-0.39, 0.29) is 17.1 Å². The Bertz CT molecular complexity index is 1000. The van der Waals surface area contributed by atoms with Gasteiger partial charge < -0.3 is 10.1 Å². The van der Waals surface area contributed by atoms with Gasteiger partial charge in [0.1, 0.15) is 0 Å². The normalized spacial score (nSPS) is 11.3. The molecule has 0 atom stereocenters. The maximum atomic E-state index is 12.9. The summed E-state index contributed by atoms with van der Waals surface area (Å²) < 4.78 is 45.2. The molecule has 0 radical (unpaired) electrons. The third kappa shape index (κ3) is 4.30. The molecule has 0 bridgehead atoms. The number of methoxy groups -OCH3 is 1. The van der Waals surface area contributed by atoms with Crippen LogP contribution >= 0.6 is 11.8 Å². The van der Waals surface area contributed by atoms with Crippen LogP contribution in [0.2, 0.25) is 0 Å². The van der Waals surface area contributed by atoms with Crippen molar-refractivity contribution in [2.24, 2.45) is 0 Å². The molecule has 0 spiro atoms. The molecule has 0 aliphatic rings. The van der Waals surface area contributed by atoms with Crippen molar-refractivity contribution in [1.82, 2.24) is 9.78 Å². The lowest BCUT2D eigenvalue weighted by molar-refractivity contribution is -0.137. The summed E-state index contributed by atoms with van der Waals surface area (Å²) in [6, 6.07) is 11.9. The number of benzene rings is 2. The number of nitrogens with one attached hydrogen (secondary N) is 1. The van der Waals surface area contributed by atoms with Gasteiger partial charge >= 0.3 is 6.18 Å². The number of anilines is 1. The first-order chi connectivity index (χ1) is 13.3. The lowest BCUT2D eigenvalue weighted by Crippen LogP contribution is -2.14. The van der Waals surface area contributed by atoms with E-state index < -0.39 is 17.6 Å². The average molecular weight is 407 g/mol. The highest BCUT2D eigenvalue weighted by molar-refractivity contribution is 7.98. The van der Waals surface area contributed by atoms with Gasteiger partial charge in [0, 0.05) is 10.6 Å². The summed E-state index contributed by atoms with van der Waals surface area (Å²) in [7, 11) is 1.36. The topological polar surface area (TPSA) is 56.2 Å². The molecular formula is C19H16F3N3O2S. The molecule has 3 aromatic rings. The van der Waals surface area contributed by atoms with Gasteiger partial charge in [-0.2, -0.15) is 18.3 Å². The van der Waals surface area contributed by atoms with Gasteiger partial charge in [-0.25, -0.2) is 4.68 Å². The Morgan fingerprint density at radius 3 is 2.61 bits per heavy atom. The second kappa shape index (κ2) is 7.97. The van der Waals surface area contributed by atoms with Gasteiger partial charge in [-0.15, -0.1) is 11.8 Å². The van der Waals surface area contributed by atoms with Crippen LogP contribution in [-0.4, -0.2) is 29.1 Å². The zero-order chi connectivity index (χ0) is 20.3. The van der Waals surface area contributed by atoms with E-state index in [1.807, 2.05) is 12.3 Å². The van der Waals surface area contributed by atoms with Crippen LogP contribution in [-0.2, 0) is 6.18 Å². The minimum atomic E-state index is -4.48. The first-order valence-corrected chi connectivity index (χ1v) is 9.31. The van der Waals surface area contributed by atoms with Gasteiger partial charge in [-0.1, -0.05) is 12.1 Å². The van der Waals surface area contributed by atoms with Crippen LogP contribution in [0.1, 0.15) is 16.1 Å². The van der Waals surface area contributed by atoms with Crippen LogP contribution in [0.15, 0.2) is 59.6 Å². The van der Waals surface area contributed by atoms with Crippen molar-refractivity contribution < 1.29 is 22.7 Å². The van der Waals surface area contributed by atoms with Gasteiger partial charge in [-0.05, 0) is 42.7 Å². The molecule has 1 aromatic heterocycles. The Balaban J connectivity index is 1.91. The second-order valence-corrected chi connectivity index (χ2v) is 6.60. The highest BCUT2D eigenvalue weighted by Crippen LogP contribution is 2.31. The van der Waals surface area contributed by atoms with Gasteiger partial charge in [-0.3, -0.25) is 4.79 Å². The SMILES string of the molecule is COc1cn(-c2cccc(C(F)(F)F)c2)nc1C(=O)Nc1cccc(SC)c1. The first-order valence-electron chi connectivity index (χ1n) is 8.08.